The van der Waals surface area contributed by atoms with E-state index in [9.17, 15) is 18.7 Å². The van der Waals surface area contributed by atoms with Gasteiger partial charge in [-0.2, -0.15) is 0 Å². The summed E-state index contributed by atoms with van der Waals surface area (Å²) in [4.78, 5) is 21.4. The molecule has 34 heavy (non-hydrogen) atoms. The van der Waals surface area contributed by atoms with Crippen molar-refractivity contribution in [1.29, 1.82) is 0 Å². The minimum Gasteiger partial charge on any atom is -0.374 e. The van der Waals surface area contributed by atoms with Crippen LogP contribution in [0.4, 0.5) is 13.2 Å². The molecule has 0 saturated heterocycles. The summed E-state index contributed by atoms with van der Waals surface area (Å²) in [5, 5.41) is 16.1. The normalized spacial score (nSPS) is 13.4. The summed E-state index contributed by atoms with van der Waals surface area (Å²) in [5.41, 5.74) is -1.61. The monoisotopic (exact) mass is 466 g/mol. The Kier molecular flexibility index (Phi) is 4.90. The standard InChI is InChI=1S/C24H17F3N4O3/c1-11-21(12(2)34-31-11)13-7-17(22-19(8-13)29-23(32)30-22)24(33,20-6-4-15(26)10-28-20)16-9-14(25)3-5-18(16)27/h3-10,33H,1-2H3,(H2,29,30,32). The molecule has 1 unspecified atom stereocenters. The fourth-order valence-electron chi connectivity index (χ4n) is 4.25. The number of nitrogens with zero attached hydrogens (tertiary/aromatic N) is 2. The quantitative estimate of drug-likeness (QED) is 0.368. The molecular weight excluding hydrogens is 449 g/mol. The van der Waals surface area contributed by atoms with Gasteiger partial charge in [-0.05, 0) is 61.9 Å². The number of nitrogens with one attached hydrogen (secondary N) is 2. The Morgan fingerprint density at radius 2 is 1.74 bits per heavy atom. The number of halogens is 3. The average Bonchev–Trinajstić information content (AvgIpc) is 3.34. The minimum absolute atomic E-state index is 0.0121. The van der Waals surface area contributed by atoms with Gasteiger partial charge in [0.05, 0.1) is 28.6 Å². The molecule has 0 bridgehead atoms. The summed E-state index contributed by atoms with van der Waals surface area (Å²) in [6, 6.07) is 7.97. The third-order valence-electron chi connectivity index (χ3n) is 5.75. The molecule has 0 aliphatic heterocycles. The Labute approximate surface area is 189 Å². The molecule has 3 aromatic heterocycles. The zero-order valence-corrected chi connectivity index (χ0v) is 17.9. The number of aromatic amines is 2. The predicted octanol–water partition coefficient (Wildman–Crippen LogP) is 4.22. The number of rotatable bonds is 4. The highest BCUT2D eigenvalue weighted by molar-refractivity contribution is 5.87. The SMILES string of the molecule is Cc1noc(C)c1-c1cc(C(O)(c2ccc(F)cn2)c2cc(F)ccc2F)c2[nH]c(=O)[nH]c2c1. The van der Waals surface area contributed by atoms with Crippen LogP contribution in [-0.2, 0) is 5.60 Å². The zero-order chi connectivity index (χ0) is 24.2. The molecule has 3 heterocycles. The molecule has 7 nitrogen and oxygen atoms in total. The smallest absolute Gasteiger partial charge is 0.323 e. The highest BCUT2D eigenvalue weighted by atomic mass is 19.1. The van der Waals surface area contributed by atoms with Crippen LogP contribution in [0.25, 0.3) is 22.2 Å². The second kappa shape index (κ2) is 7.70. The molecule has 0 saturated carbocycles. The molecule has 2 aromatic carbocycles. The second-order valence-corrected chi connectivity index (χ2v) is 7.92. The Bertz CT molecular complexity index is 1590. The largest absolute Gasteiger partial charge is 0.374 e. The van der Waals surface area contributed by atoms with Crippen molar-refractivity contribution in [3.05, 3.63) is 105 Å². The maximum absolute atomic E-state index is 15.1. The van der Waals surface area contributed by atoms with Crippen LogP contribution in [0.3, 0.4) is 0 Å². The highest BCUT2D eigenvalue weighted by Crippen LogP contribution is 2.42. The van der Waals surface area contributed by atoms with E-state index in [0.717, 1.165) is 30.5 Å². The second-order valence-electron chi connectivity index (χ2n) is 7.92. The lowest BCUT2D eigenvalue weighted by Gasteiger charge is -2.30. The van der Waals surface area contributed by atoms with Gasteiger partial charge in [-0.1, -0.05) is 5.16 Å². The van der Waals surface area contributed by atoms with Crippen LogP contribution in [0.2, 0.25) is 0 Å². The molecule has 1 atom stereocenters. The molecule has 0 aliphatic rings. The number of pyridine rings is 1. The van der Waals surface area contributed by atoms with Crippen molar-refractivity contribution in [3.8, 4) is 11.1 Å². The van der Waals surface area contributed by atoms with Gasteiger partial charge in [0.2, 0.25) is 0 Å². The molecule has 5 rings (SSSR count). The van der Waals surface area contributed by atoms with Crippen molar-refractivity contribution < 1.29 is 22.8 Å². The first kappa shape index (κ1) is 21.7. The molecule has 0 radical (unpaired) electrons. The number of benzene rings is 2. The molecule has 0 amide bonds. The summed E-state index contributed by atoms with van der Waals surface area (Å²) < 4.78 is 48.3. The summed E-state index contributed by atoms with van der Waals surface area (Å²) in [5.74, 6) is -1.95. The molecule has 10 heteroatoms. The Morgan fingerprint density at radius 3 is 2.41 bits per heavy atom. The lowest BCUT2D eigenvalue weighted by molar-refractivity contribution is 0.117. The third kappa shape index (κ3) is 3.30. The van der Waals surface area contributed by atoms with Crippen molar-refractivity contribution in [2.24, 2.45) is 0 Å². The fourth-order valence-corrected chi connectivity index (χ4v) is 4.25. The van der Waals surface area contributed by atoms with E-state index < -0.39 is 34.3 Å². The van der Waals surface area contributed by atoms with E-state index in [1.165, 1.54) is 12.1 Å². The lowest BCUT2D eigenvalue weighted by Crippen LogP contribution is -2.32. The number of imidazole rings is 1. The van der Waals surface area contributed by atoms with E-state index in [-0.39, 0.29) is 22.3 Å². The van der Waals surface area contributed by atoms with E-state index >= 15 is 4.39 Å². The van der Waals surface area contributed by atoms with Crippen molar-refractivity contribution >= 4 is 11.0 Å². The van der Waals surface area contributed by atoms with E-state index in [4.69, 9.17) is 4.52 Å². The van der Waals surface area contributed by atoms with Crippen molar-refractivity contribution in [1.82, 2.24) is 20.1 Å². The lowest BCUT2D eigenvalue weighted by atomic mass is 9.80. The summed E-state index contributed by atoms with van der Waals surface area (Å²) in [6.45, 7) is 3.41. The van der Waals surface area contributed by atoms with Gasteiger partial charge in [0.1, 0.15) is 23.2 Å². The van der Waals surface area contributed by atoms with Crippen molar-refractivity contribution in [3.63, 3.8) is 0 Å². The highest BCUT2D eigenvalue weighted by Gasteiger charge is 2.40. The van der Waals surface area contributed by atoms with Crippen LogP contribution < -0.4 is 5.69 Å². The molecule has 0 fully saturated rings. The Balaban J connectivity index is 1.93. The molecule has 172 valence electrons. The van der Waals surface area contributed by atoms with Crippen molar-refractivity contribution in [2.75, 3.05) is 0 Å². The Morgan fingerprint density at radius 1 is 0.971 bits per heavy atom. The van der Waals surface area contributed by atoms with E-state index in [2.05, 4.69) is 20.1 Å². The maximum atomic E-state index is 15.1. The van der Waals surface area contributed by atoms with Crippen LogP contribution in [0.15, 0.2) is 58.0 Å². The molecule has 5 aromatic rings. The van der Waals surface area contributed by atoms with E-state index in [0.29, 0.717) is 22.6 Å². The average molecular weight is 466 g/mol. The van der Waals surface area contributed by atoms with Gasteiger partial charge < -0.3 is 19.6 Å². The third-order valence-corrected chi connectivity index (χ3v) is 5.75. The maximum Gasteiger partial charge on any atom is 0.323 e. The number of fused-ring (bicyclic) bond motifs is 1. The first-order valence-corrected chi connectivity index (χ1v) is 10.2. The first-order chi connectivity index (χ1) is 16.2. The molecular formula is C24H17F3N4O3. The summed E-state index contributed by atoms with van der Waals surface area (Å²) in [6.07, 6.45) is 0.854. The van der Waals surface area contributed by atoms with Gasteiger partial charge >= 0.3 is 5.69 Å². The van der Waals surface area contributed by atoms with Gasteiger partial charge in [-0.15, -0.1) is 0 Å². The van der Waals surface area contributed by atoms with Crippen LogP contribution >= 0.6 is 0 Å². The van der Waals surface area contributed by atoms with Crippen LogP contribution in [0.1, 0.15) is 28.3 Å². The van der Waals surface area contributed by atoms with Crippen molar-refractivity contribution in [2.45, 2.75) is 19.4 Å². The molecule has 3 N–H and O–H groups in total. The fraction of sp³-hybridized carbons (Fsp3) is 0.125. The minimum atomic E-state index is -2.42. The number of H-pyrrole nitrogens is 2. The van der Waals surface area contributed by atoms with Gasteiger partial charge in [-0.25, -0.2) is 18.0 Å². The predicted molar refractivity (Wildman–Crippen MR) is 117 cm³/mol. The number of aryl methyl sites for hydroxylation is 2. The van der Waals surface area contributed by atoms with Gasteiger partial charge in [0.15, 0.2) is 5.60 Å². The van der Waals surface area contributed by atoms with E-state index in [1.807, 2.05) is 0 Å². The summed E-state index contributed by atoms with van der Waals surface area (Å²) >= 11 is 0. The van der Waals surface area contributed by atoms with Crippen LogP contribution in [-0.4, -0.2) is 25.2 Å². The van der Waals surface area contributed by atoms with Crippen LogP contribution in [0, 0.1) is 31.3 Å². The number of hydrogen-bond acceptors (Lipinski definition) is 5. The van der Waals surface area contributed by atoms with Gasteiger partial charge in [0.25, 0.3) is 0 Å². The summed E-state index contributed by atoms with van der Waals surface area (Å²) in [7, 11) is 0. The van der Waals surface area contributed by atoms with Crippen LogP contribution in [0.5, 0.6) is 0 Å². The van der Waals surface area contributed by atoms with Gasteiger partial charge in [0, 0.05) is 16.7 Å². The number of aromatic nitrogens is 4. The number of hydrogen-bond donors (Lipinski definition) is 3. The molecule has 0 spiro atoms. The van der Waals surface area contributed by atoms with Gasteiger partial charge in [-0.3, -0.25) is 4.98 Å². The Hall–Kier alpha value is -4.18. The first-order valence-electron chi connectivity index (χ1n) is 10.2. The topological polar surface area (TPSA) is 108 Å². The number of aliphatic hydroxyl groups is 1. The molecule has 0 aliphatic carbocycles. The van der Waals surface area contributed by atoms with E-state index in [1.54, 1.807) is 19.9 Å². The zero-order valence-electron chi connectivity index (χ0n) is 17.9.